The molecular weight excluding hydrogens is 328 g/mol. The molecule has 2 aliphatic heterocycles. The zero-order chi connectivity index (χ0) is 17.3. The van der Waals surface area contributed by atoms with E-state index < -0.39 is 5.60 Å². The van der Waals surface area contributed by atoms with Crippen molar-refractivity contribution in [2.45, 2.75) is 58.1 Å². The van der Waals surface area contributed by atoms with Crippen molar-refractivity contribution in [1.29, 1.82) is 0 Å². The highest BCUT2D eigenvalue weighted by molar-refractivity contribution is 7.07. The summed E-state index contributed by atoms with van der Waals surface area (Å²) in [5.41, 5.74) is 0.244. The third-order valence-corrected chi connectivity index (χ3v) is 5.86. The van der Waals surface area contributed by atoms with E-state index in [4.69, 9.17) is 4.74 Å². The molecule has 24 heavy (non-hydrogen) atoms. The number of hydrogen-bond donors (Lipinski definition) is 0. The Labute approximate surface area is 146 Å². The van der Waals surface area contributed by atoms with E-state index in [1.54, 1.807) is 6.92 Å². The first-order chi connectivity index (χ1) is 11.5. The van der Waals surface area contributed by atoms with Crippen LogP contribution in [0.5, 0.6) is 0 Å². The summed E-state index contributed by atoms with van der Waals surface area (Å²) in [6.45, 7) is 7.82. The number of aromatic nitrogens is 2. The lowest BCUT2D eigenvalue weighted by molar-refractivity contribution is 0.00319. The molecular formula is C16H24N4O3S. The number of hydrogen-bond acceptors (Lipinski definition) is 6. The van der Waals surface area contributed by atoms with Crippen molar-refractivity contribution >= 4 is 23.5 Å². The fourth-order valence-electron chi connectivity index (χ4n) is 3.51. The van der Waals surface area contributed by atoms with Gasteiger partial charge in [0.05, 0.1) is 12.2 Å². The summed E-state index contributed by atoms with van der Waals surface area (Å²) in [5, 5.41) is 3.91. The fraction of sp³-hybridized carbons (Fsp3) is 0.750. The Hall–Kier alpha value is -1.70. The van der Waals surface area contributed by atoms with E-state index in [9.17, 15) is 9.59 Å². The first-order valence-electron chi connectivity index (χ1n) is 8.53. The van der Waals surface area contributed by atoms with Crippen LogP contribution in [-0.2, 0) is 4.74 Å². The summed E-state index contributed by atoms with van der Waals surface area (Å²) in [6, 6.07) is 0.201. The first-order valence-corrected chi connectivity index (χ1v) is 9.31. The Morgan fingerprint density at radius 1 is 1.42 bits per heavy atom. The van der Waals surface area contributed by atoms with Gasteiger partial charge in [-0.15, -0.1) is 5.10 Å². The predicted molar refractivity (Wildman–Crippen MR) is 90.1 cm³/mol. The molecule has 2 amide bonds. The first kappa shape index (κ1) is 17.1. The van der Waals surface area contributed by atoms with E-state index in [-0.39, 0.29) is 18.0 Å². The van der Waals surface area contributed by atoms with Crippen LogP contribution >= 0.6 is 11.5 Å². The number of likely N-dealkylation sites (tertiary alicyclic amines) is 1. The molecule has 0 saturated carbocycles. The second kappa shape index (κ2) is 6.66. The van der Waals surface area contributed by atoms with Gasteiger partial charge in [0.25, 0.3) is 5.91 Å². The van der Waals surface area contributed by atoms with Gasteiger partial charge in [-0.1, -0.05) is 17.8 Å². The normalized spacial score (nSPS) is 21.2. The molecule has 1 aromatic heterocycles. The van der Waals surface area contributed by atoms with Crippen molar-refractivity contribution in [3.63, 3.8) is 0 Å². The van der Waals surface area contributed by atoms with Gasteiger partial charge in [0, 0.05) is 32.0 Å². The van der Waals surface area contributed by atoms with Crippen LogP contribution in [0.15, 0.2) is 0 Å². The minimum absolute atomic E-state index is 0.0159. The van der Waals surface area contributed by atoms with Crippen molar-refractivity contribution in [2.24, 2.45) is 0 Å². The highest BCUT2D eigenvalue weighted by atomic mass is 32.1. The minimum atomic E-state index is -0.434. The van der Waals surface area contributed by atoms with Gasteiger partial charge in [-0.05, 0) is 31.8 Å². The number of carbonyl (C=O) groups is 2. The van der Waals surface area contributed by atoms with E-state index in [0.29, 0.717) is 43.0 Å². The Kier molecular flexibility index (Phi) is 4.76. The molecule has 0 aliphatic carbocycles. The summed E-state index contributed by atoms with van der Waals surface area (Å²) >= 11 is 1.14. The van der Waals surface area contributed by atoms with E-state index >= 15 is 0 Å². The average molecular weight is 352 g/mol. The standard InChI is InChI=1S/C16H24N4O3S/c1-4-5-11(2)20-10-16(23-15(20)22)6-8-19(9-7-16)14(21)13-12(3)17-18-24-13/h11H,4-10H2,1-3H3/t11-/m1/s1. The monoisotopic (exact) mass is 352 g/mol. The van der Waals surface area contributed by atoms with Gasteiger partial charge < -0.3 is 14.5 Å². The van der Waals surface area contributed by atoms with Gasteiger partial charge in [0.2, 0.25) is 0 Å². The summed E-state index contributed by atoms with van der Waals surface area (Å²) < 4.78 is 9.57. The van der Waals surface area contributed by atoms with Gasteiger partial charge in [-0.2, -0.15) is 0 Å². The van der Waals surface area contributed by atoms with Crippen LogP contribution < -0.4 is 0 Å². The van der Waals surface area contributed by atoms with Crippen molar-refractivity contribution in [3.05, 3.63) is 10.6 Å². The van der Waals surface area contributed by atoms with Gasteiger partial charge in [0.1, 0.15) is 10.5 Å². The average Bonchev–Trinajstić information content (AvgIpc) is 3.11. The molecule has 0 radical (unpaired) electrons. The van der Waals surface area contributed by atoms with Gasteiger partial charge in [0.15, 0.2) is 0 Å². The molecule has 2 aliphatic rings. The summed E-state index contributed by atoms with van der Waals surface area (Å²) in [6.07, 6.45) is 3.18. The van der Waals surface area contributed by atoms with Crippen molar-refractivity contribution in [3.8, 4) is 0 Å². The highest BCUT2D eigenvalue weighted by Gasteiger charge is 2.48. The second-order valence-electron chi connectivity index (χ2n) is 6.80. The van der Waals surface area contributed by atoms with Crippen LogP contribution in [0, 0.1) is 6.92 Å². The number of nitrogens with zero attached hydrogens (tertiary/aromatic N) is 4. The Morgan fingerprint density at radius 2 is 2.12 bits per heavy atom. The molecule has 0 N–H and O–H groups in total. The number of amides is 2. The largest absolute Gasteiger partial charge is 0.441 e. The molecule has 3 heterocycles. The molecule has 2 saturated heterocycles. The third kappa shape index (κ3) is 3.11. The minimum Gasteiger partial charge on any atom is -0.441 e. The van der Waals surface area contributed by atoms with Crippen molar-refractivity contribution in [1.82, 2.24) is 19.4 Å². The smallest absolute Gasteiger partial charge is 0.410 e. The van der Waals surface area contributed by atoms with Crippen LogP contribution in [0.3, 0.4) is 0 Å². The molecule has 0 unspecified atom stereocenters. The SMILES string of the molecule is CCC[C@@H](C)N1CC2(CCN(C(=O)c3snnc3C)CC2)OC1=O. The van der Waals surface area contributed by atoms with Crippen LogP contribution in [-0.4, -0.2) is 62.7 Å². The molecule has 0 bridgehead atoms. The quantitative estimate of drug-likeness (QED) is 0.832. The zero-order valence-electron chi connectivity index (χ0n) is 14.4. The van der Waals surface area contributed by atoms with Crippen LogP contribution in [0.2, 0.25) is 0 Å². The zero-order valence-corrected chi connectivity index (χ0v) is 15.3. The lowest BCUT2D eigenvalue weighted by Crippen LogP contribution is -2.49. The van der Waals surface area contributed by atoms with E-state index in [0.717, 1.165) is 24.4 Å². The predicted octanol–water partition coefficient (Wildman–Crippen LogP) is 2.46. The van der Waals surface area contributed by atoms with Gasteiger partial charge in [-0.25, -0.2) is 4.79 Å². The molecule has 1 aromatic rings. The number of carbonyl (C=O) groups excluding carboxylic acids is 2. The van der Waals surface area contributed by atoms with Crippen LogP contribution in [0.25, 0.3) is 0 Å². The lowest BCUT2D eigenvalue weighted by atomic mass is 9.91. The summed E-state index contributed by atoms with van der Waals surface area (Å²) in [4.78, 5) is 29.0. The number of rotatable bonds is 4. The molecule has 7 nitrogen and oxygen atoms in total. The molecule has 1 atom stereocenters. The summed E-state index contributed by atoms with van der Waals surface area (Å²) in [7, 11) is 0. The fourth-order valence-corrected chi connectivity index (χ4v) is 4.13. The maximum atomic E-state index is 12.5. The van der Waals surface area contributed by atoms with Gasteiger partial charge >= 0.3 is 6.09 Å². The Morgan fingerprint density at radius 3 is 2.71 bits per heavy atom. The van der Waals surface area contributed by atoms with Crippen molar-refractivity contribution < 1.29 is 14.3 Å². The van der Waals surface area contributed by atoms with E-state index in [1.165, 1.54) is 0 Å². The highest BCUT2D eigenvalue weighted by Crippen LogP contribution is 2.35. The number of piperidine rings is 1. The number of ether oxygens (including phenoxy) is 1. The molecule has 0 aromatic carbocycles. The van der Waals surface area contributed by atoms with Gasteiger partial charge in [-0.3, -0.25) is 4.79 Å². The molecule has 132 valence electrons. The van der Waals surface area contributed by atoms with E-state index in [2.05, 4.69) is 23.4 Å². The maximum Gasteiger partial charge on any atom is 0.410 e. The number of aryl methyl sites for hydroxylation is 1. The Balaban J connectivity index is 1.62. The van der Waals surface area contributed by atoms with Crippen LogP contribution in [0.1, 0.15) is 54.9 Å². The van der Waals surface area contributed by atoms with E-state index in [1.807, 2.05) is 9.80 Å². The Bertz CT molecular complexity index is 625. The summed E-state index contributed by atoms with van der Waals surface area (Å²) in [5.74, 6) is -0.0159. The molecule has 3 rings (SSSR count). The molecule has 1 spiro atoms. The maximum absolute atomic E-state index is 12.5. The van der Waals surface area contributed by atoms with Crippen LogP contribution in [0.4, 0.5) is 4.79 Å². The topological polar surface area (TPSA) is 75.6 Å². The molecule has 8 heteroatoms. The second-order valence-corrected chi connectivity index (χ2v) is 7.55. The molecule has 2 fully saturated rings. The third-order valence-electron chi connectivity index (χ3n) is 5.04. The lowest BCUT2D eigenvalue weighted by Gasteiger charge is -2.37. The van der Waals surface area contributed by atoms with Crippen molar-refractivity contribution in [2.75, 3.05) is 19.6 Å².